The number of amides is 3. The van der Waals surface area contributed by atoms with Crippen LogP contribution in [0.5, 0.6) is 0 Å². The number of nitrogens with one attached hydrogen (secondary N) is 3. The Bertz CT molecular complexity index is 1000. The van der Waals surface area contributed by atoms with Gasteiger partial charge in [0.15, 0.2) is 0 Å². The van der Waals surface area contributed by atoms with E-state index in [2.05, 4.69) is 33.6 Å². The minimum absolute atomic E-state index is 0.0835. The molecule has 2 aromatic rings. The first-order valence-corrected chi connectivity index (χ1v) is 12.4. The molecular weight excluding hydrogens is 480 g/mol. The van der Waals surface area contributed by atoms with Gasteiger partial charge in [0.05, 0.1) is 5.25 Å². The van der Waals surface area contributed by atoms with Crippen molar-refractivity contribution in [1.82, 2.24) is 20.9 Å². The van der Waals surface area contributed by atoms with E-state index in [0.29, 0.717) is 31.4 Å². The fourth-order valence-electron chi connectivity index (χ4n) is 3.53. The monoisotopic (exact) mass is 514 g/mol. The van der Waals surface area contributed by atoms with E-state index in [9.17, 15) is 24.3 Å². The highest BCUT2D eigenvalue weighted by Gasteiger charge is 2.28. The second-order valence-corrected chi connectivity index (χ2v) is 9.55. The summed E-state index contributed by atoms with van der Waals surface area (Å²) in [6, 6.07) is 10.2. The molecule has 0 spiro atoms. The third-order valence-electron chi connectivity index (χ3n) is 5.42. The third-order valence-corrected chi connectivity index (χ3v) is 5.92. The number of pyridine rings is 1. The molecule has 0 saturated carbocycles. The van der Waals surface area contributed by atoms with Gasteiger partial charge in [0.1, 0.15) is 12.1 Å². The molecule has 0 saturated heterocycles. The van der Waals surface area contributed by atoms with Crippen LogP contribution < -0.4 is 16.0 Å². The number of hydrogen-bond donors (Lipinski definition) is 5. The van der Waals surface area contributed by atoms with E-state index in [0.717, 1.165) is 5.56 Å². The van der Waals surface area contributed by atoms with Gasteiger partial charge in [-0.2, -0.15) is 12.6 Å². The fourth-order valence-corrected chi connectivity index (χ4v) is 3.78. The van der Waals surface area contributed by atoms with Crippen molar-refractivity contribution in [2.24, 2.45) is 5.92 Å². The van der Waals surface area contributed by atoms with Crippen molar-refractivity contribution in [2.45, 2.75) is 56.9 Å². The first-order valence-electron chi connectivity index (χ1n) is 11.9. The van der Waals surface area contributed by atoms with Gasteiger partial charge < -0.3 is 21.1 Å². The molecule has 36 heavy (non-hydrogen) atoms. The Hall–Kier alpha value is -3.40. The summed E-state index contributed by atoms with van der Waals surface area (Å²) in [6.07, 6.45) is 4.44. The minimum atomic E-state index is -1.15. The van der Waals surface area contributed by atoms with Crippen molar-refractivity contribution in [3.63, 3.8) is 0 Å². The number of carboxylic acid groups (broad SMARTS) is 1. The third kappa shape index (κ3) is 10.1. The lowest BCUT2D eigenvalue weighted by Gasteiger charge is -2.24. The zero-order chi connectivity index (χ0) is 26.5. The molecule has 0 bridgehead atoms. The number of rotatable bonds is 14. The average Bonchev–Trinajstić information content (AvgIpc) is 2.86. The van der Waals surface area contributed by atoms with Gasteiger partial charge in [-0.1, -0.05) is 44.2 Å². The predicted octanol–water partition coefficient (Wildman–Crippen LogP) is 2.23. The number of nitrogens with zero attached hydrogens (tertiary/aromatic N) is 1. The Balaban J connectivity index is 1.88. The number of carbonyl (C=O) groups excluding carboxylic acids is 3. The maximum Gasteiger partial charge on any atom is 0.326 e. The summed E-state index contributed by atoms with van der Waals surface area (Å²) in [7, 11) is 0. The second-order valence-electron chi connectivity index (χ2n) is 8.93. The van der Waals surface area contributed by atoms with Gasteiger partial charge in [-0.3, -0.25) is 19.4 Å². The lowest BCUT2D eigenvalue weighted by Crippen LogP contribution is -2.53. The summed E-state index contributed by atoms with van der Waals surface area (Å²) in [5.41, 5.74) is 1.28. The number of aliphatic carboxylic acids is 1. The second kappa shape index (κ2) is 14.9. The molecule has 4 N–H and O–H groups in total. The maximum atomic E-state index is 12.9. The summed E-state index contributed by atoms with van der Waals surface area (Å²) >= 11 is 4.36. The van der Waals surface area contributed by atoms with Gasteiger partial charge in [0, 0.05) is 30.9 Å². The van der Waals surface area contributed by atoms with Crippen LogP contribution in [0.1, 0.15) is 49.0 Å². The van der Waals surface area contributed by atoms with Crippen molar-refractivity contribution in [3.8, 4) is 0 Å². The largest absolute Gasteiger partial charge is 0.480 e. The van der Waals surface area contributed by atoms with Gasteiger partial charge >= 0.3 is 5.97 Å². The Morgan fingerprint density at radius 2 is 1.58 bits per heavy atom. The fraction of sp³-hybridized carbons (Fsp3) is 0.423. The van der Waals surface area contributed by atoms with E-state index in [1.165, 1.54) is 12.4 Å². The van der Waals surface area contributed by atoms with E-state index in [-0.39, 0.29) is 18.2 Å². The van der Waals surface area contributed by atoms with Crippen molar-refractivity contribution in [2.75, 3.05) is 6.54 Å². The smallest absolute Gasteiger partial charge is 0.326 e. The standard InChI is InChI=1S/C26H34N4O5S/c1-17(2)15-20(24(32)30-21(26(34)35)16-18-7-4-3-5-8-18)29-25(33)22(36)9-6-12-28-23(31)19-10-13-27-14-11-19/h3-5,7-8,10-11,13-14,17,20-22,36H,6,9,12,15-16H2,1-2H3,(H,28,31)(H,29,33)(H,30,32)(H,34,35)/t20?,21-,22?/m0/s1. The molecule has 10 heteroatoms. The van der Waals surface area contributed by atoms with Crippen molar-refractivity contribution in [3.05, 3.63) is 66.0 Å². The first kappa shape index (κ1) is 28.8. The topological polar surface area (TPSA) is 137 Å². The Morgan fingerprint density at radius 3 is 2.19 bits per heavy atom. The highest BCUT2D eigenvalue weighted by Crippen LogP contribution is 2.11. The molecule has 2 rings (SSSR count). The van der Waals surface area contributed by atoms with Crippen molar-refractivity contribution < 1.29 is 24.3 Å². The van der Waals surface area contributed by atoms with Crippen LogP contribution in [0, 0.1) is 5.92 Å². The zero-order valence-corrected chi connectivity index (χ0v) is 21.4. The number of benzene rings is 1. The number of aromatic nitrogens is 1. The van der Waals surface area contributed by atoms with Gasteiger partial charge in [0.25, 0.3) is 5.91 Å². The molecule has 1 aromatic heterocycles. The van der Waals surface area contributed by atoms with Crippen LogP contribution in [0.15, 0.2) is 54.9 Å². The zero-order valence-electron chi connectivity index (χ0n) is 20.5. The number of carboxylic acids is 1. The maximum absolute atomic E-state index is 12.9. The molecule has 0 radical (unpaired) electrons. The quantitative estimate of drug-likeness (QED) is 0.194. The van der Waals surface area contributed by atoms with E-state index >= 15 is 0 Å². The minimum Gasteiger partial charge on any atom is -0.480 e. The molecule has 3 atom stereocenters. The van der Waals surface area contributed by atoms with Crippen LogP contribution in [-0.2, 0) is 20.8 Å². The molecule has 0 fully saturated rings. The summed E-state index contributed by atoms with van der Waals surface area (Å²) in [6.45, 7) is 4.19. The Morgan fingerprint density at radius 1 is 0.944 bits per heavy atom. The van der Waals surface area contributed by atoms with Gasteiger partial charge in [-0.25, -0.2) is 4.79 Å². The molecule has 0 aliphatic carbocycles. The SMILES string of the molecule is CC(C)CC(NC(=O)C(S)CCCNC(=O)c1ccncc1)C(=O)N[C@@H](Cc1ccccc1)C(=O)O. The van der Waals surface area contributed by atoms with Gasteiger partial charge in [0.2, 0.25) is 11.8 Å². The van der Waals surface area contributed by atoms with Crippen molar-refractivity contribution in [1.29, 1.82) is 0 Å². The average molecular weight is 515 g/mol. The molecular formula is C26H34N4O5S. The van der Waals surface area contributed by atoms with E-state index < -0.39 is 35.1 Å². The lowest BCUT2D eigenvalue weighted by molar-refractivity contribution is -0.142. The summed E-state index contributed by atoms with van der Waals surface area (Å²) in [4.78, 5) is 53.4. The number of thiol groups is 1. The van der Waals surface area contributed by atoms with Crippen molar-refractivity contribution >= 4 is 36.3 Å². The van der Waals surface area contributed by atoms with Crippen LogP contribution in [0.4, 0.5) is 0 Å². The van der Waals surface area contributed by atoms with Gasteiger partial charge in [-0.15, -0.1) is 0 Å². The van der Waals surface area contributed by atoms with Crippen LogP contribution in [0.2, 0.25) is 0 Å². The number of carbonyl (C=O) groups is 4. The normalized spacial score (nSPS) is 13.3. The van der Waals surface area contributed by atoms with Crippen LogP contribution in [0.3, 0.4) is 0 Å². The molecule has 1 aromatic carbocycles. The molecule has 0 aliphatic rings. The molecule has 9 nitrogen and oxygen atoms in total. The van der Waals surface area contributed by atoms with Crippen LogP contribution in [0.25, 0.3) is 0 Å². The molecule has 1 heterocycles. The first-order chi connectivity index (χ1) is 17.2. The van der Waals surface area contributed by atoms with E-state index in [4.69, 9.17) is 0 Å². The molecule has 3 amide bonds. The Kier molecular flexibility index (Phi) is 11.9. The van der Waals surface area contributed by atoms with Crippen LogP contribution in [-0.4, -0.2) is 57.7 Å². The van der Waals surface area contributed by atoms with E-state index in [1.807, 2.05) is 19.9 Å². The highest BCUT2D eigenvalue weighted by molar-refractivity contribution is 7.81. The van der Waals surface area contributed by atoms with Gasteiger partial charge in [-0.05, 0) is 42.9 Å². The lowest BCUT2D eigenvalue weighted by atomic mass is 10.0. The molecule has 2 unspecified atom stereocenters. The molecule has 194 valence electrons. The highest BCUT2D eigenvalue weighted by atomic mass is 32.1. The predicted molar refractivity (Wildman–Crippen MR) is 140 cm³/mol. The molecule has 0 aliphatic heterocycles. The summed E-state index contributed by atoms with van der Waals surface area (Å²) in [5, 5.41) is 17.0. The Labute approximate surface area is 216 Å². The number of hydrogen-bond acceptors (Lipinski definition) is 6. The van der Waals surface area contributed by atoms with E-state index in [1.54, 1.807) is 36.4 Å². The summed E-state index contributed by atoms with van der Waals surface area (Å²) < 4.78 is 0. The summed E-state index contributed by atoms with van der Waals surface area (Å²) in [5.74, 6) is -2.27. The van der Waals surface area contributed by atoms with Crippen LogP contribution >= 0.6 is 12.6 Å².